The third-order valence-corrected chi connectivity index (χ3v) is 7.00. The molecule has 6 nitrogen and oxygen atoms in total. The number of hydrogen-bond acceptors (Lipinski definition) is 6. The first-order valence-corrected chi connectivity index (χ1v) is 12.9. The minimum atomic E-state index is -3.21. The van der Waals surface area contributed by atoms with Gasteiger partial charge in [-0.15, -0.1) is 0 Å². The summed E-state index contributed by atoms with van der Waals surface area (Å²) in [5.74, 6) is -2.47. The van der Waals surface area contributed by atoms with E-state index in [-0.39, 0.29) is 11.6 Å². The Morgan fingerprint density at radius 3 is 2.58 bits per heavy atom. The van der Waals surface area contributed by atoms with E-state index in [1.165, 1.54) is 15.4 Å². The highest BCUT2D eigenvalue weighted by atomic mass is 127. The Hall–Kier alpha value is -1.67. The molecule has 0 saturated carbocycles. The van der Waals surface area contributed by atoms with Gasteiger partial charge in [0, 0.05) is 67.4 Å². The number of pyridine rings is 1. The van der Waals surface area contributed by atoms with Crippen molar-refractivity contribution in [1.82, 2.24) is 23.8 Å². The summed E-state index contributed by atoms with van der Waals surface area (Å²) in [6.45, 7) is 0.483. The van der Waals surface area contributed by atoms with Crippen LogP contribution in [0.3, 0.4) is 0 Å². The van der Waals surface area contributed by atoms with E-state index >= 15 is 0 Å². The van der Waals surface area contributed by atoms with Gasteiger partial charge < -0.3 is 5.32 Å². The van der Waals surface area contributed by atoms with E-state index in [1.54, 1.807) is 4.90 Å². The molecule has 1 aliphatic heterocycles. The number of piperidine rings is 1. The molecule has 0 unspecified atom stereocenters. The van der Waals surface area contributed by atoms with Crippen LogP contribution in [0.4, 0.5) is 23.4 Å². The van der Waals surface area contributed by atoms with Crippen molar-refractivity contribution in [3.8, 4) is 0 Å². The molecule has 0 bridgehead atoms. The third kappa shape index (κ3) is 5.06. The van der Waals surface area contributed by atoms with Crippen LogP contribution in [0.1, 0.15) is 30.5 Å². The van der Waals surface area contributed by atoms with Crippen molar-refractivity contribution in [2.75, 3.05) is 25.0 Å². The van der Waals surface area contributed by atoms with Crippen molar-refractivity contribution in [2.45, 2.75) is 31.2 Å². The third-order valence-electron chi connectivity index (χ3n) is 5.29. The van der Waals surface area contributed by atoms with E-state index in [1.807, 2.05) is 16.2 Å². The van der Waals surface area contributed by atoms with Crippen LogP contribution in [0.15, 0.2) is 36.9 Å². The highest BCUT2D eigenvalue weighted by Crippen LogP contribution is 2.31. The molecule has 166 valence electrons. The Bertz CT molecular complexity index is 1020. The number of halogens is 5. The molecule has 12 heteroatoms. The molecular formula is C19H19F4IN6S. The second kappa shape index (κ2) is 9.45. The molecule has 0 radical (unpaired) electrons. The first kappa shape index (κ1) is 22.5. The number of nitrogens with zero attached hydrogens (tertiary/aromatic N) is 5. The van der Waals surface area contributed by atoms with E-state index in [0.29, 0.717) is 25.9 Å². The van der Waals surface area contributed by atoms with E-state index in [2.05, 4.69) is 41.5 Å². The first-order valence-electron chi connectivity index (χ1n) is 9.60. The quantitative estimate of drug-likeness (QED) is 0.311. The number of rotatable bonds is 7. The summed E-state index contributed by atoms with van der Waals surface area (Å²) >= 11 is 2.18. The zero-order valence-corrected chi connectivity index (χ0v) is 19.2. The number of nitrogens with one attached hydrogen (secondary N) is 1. The smallest absolute Gasteiger partial charge is 0.302 e. The second-order valence-electron chi connectivity index (χ2n) is 7.35. The predicted octanol–water partition coefficient (Wildman–Crippen LogP) is 5.28. The number of fused-ring (bicyclic) bond motifs is 1. The molecule has 3 aromatic heterocycles. The van der Waals surface area contributed by atoms with Crippen molar-refractivity contribution in [3.63, 3.8) is 0 Å². The Morgan fingerprint density at radius 1 is 1.16 bits per heavy atom. The molecule has 1 N–H and O–H groups in total. The second-order valence-corrected chi connectivity index (χ2v) is 9.06. The van der Waals surface area contributed by atoms with Crippen molar-refractivity contribution >= 4 is 47.2 Å². The van der Waals surface area contributed by atoms with Crippen molar-refractivity contribution in [2.24, 2.45) is 0 Å². The van der Waals surface area contributed by atoms with Gasteiger partial charge in [-0.1, -0.05) is 0 Å². The molecule has 4 rings (SSSR count). The minimum Gasteiger partial charge on any atom is -0.367 e. The molecule has 1 fully saturated rings. The summed E-state index contributed by atoms with van der Waals surface area (Å²) in [4.78, 5) is 13.9. The van der Waals surface area contributed by atoms with Gasteiger partial charge in [0.1, 0.15) is 17.8 Å². The topological polar surface area (TPSA) is 58.9 Å². The maximum Gasteiger partial charge on any atom is 0.302 e. The Kier molecular flexibility index (Phi) is 6.86. The fraction of sp³-hybridized carbons (Fsp3) is 0.421. The minimum absolute atomic E-state index is 0.113. The van der Waals surface area contributed by atoms with Crippen molar-refractivity contribution < 1.29 is 17.6 Å². The first-order chi connectivity index (χ1) is 14.9. The van der Waals surface area contributed by atoms with Crippen molar-refractivity contribution in [1.29, 1.82) is 0 Å². The maximum atomic E-state index is 14.6. The standard InChI is InChI=1S/C19H19F4IN6S/c20-16(21)12-1-2-15(25-9-12)19(22,23)10-29-6-3-13(4-7-29)28-17-14-5-8-30(31-24)18(14)27-11-26-17/h1-2,5,8-9,11,13,16H,3-4,6-7,10H2,(H,26,27,28). The van der Waals surface area contributed by atoms with Gasteiger partial charge in [0.25, 0.3) is 6.43 Å². The van der Waals surface area contributed by atoms with Gasteiger partial charge in [-0.25, -0.2) is 18.7 Å². The van der Waals surface area contributed by atoms with Crippen LogP contribution in [0, 0.1) is 0 Å². The number of aromatic nitrogens is 4. The van der Waals surface area contributed by atoms with Gasteiger partial charge in [0.2, 0.25) is 0 Å². The molecule has 3 aromatic rings. The van der Waals surface area contributed by atoms with Crippen LogP contribution >= 0.6 is 30.3 Å². The van der Waals surface area contributed by atoms with E-state index in [4.69, 9.17) is 0 Å². The Morgan fingerprint density at radius 2 is 1.94 bits per heavy atom. The summed E-state index contributed by atoms with van der Waals surface area (Å²) in [5.41, 5.74) is -0.0322. The number of anilines is 1. The fourth-order valence-corrected chi connectivity index (χ4v) is 4.91. The summed E-state index contributed by atoms with van der Waals surface area (Å²) in [6.07, 6.45) is 2.89. The van der Waals surface area contributed by atoms with Crippen LogP contribution in [0.25, 0.3) is 11.0 Å². The fourth-order valence-electron chi connectivity index (χ4n) is 3.64. The van der Waals surface area contributed by atoms with Gasteiger partial charge in [-0.2, -0.15) is 8.78 Å². The number of alkyl halides is 4. The van der Waals surface area contributed by atoms with Gasteiger partial charge in [0.15, 0.2) is 5.65 Å². The van der Waals surface area contributed by atoms with E-state index in [0.717, 1.165) is 35.2 Å². The van der Waals surface area contributed by atoms with Gasteiger partial charge in [-0.3, -0.25) is 13.9 Å². The predicted molar refractivity (Wildman–Crippen MR) is 121 cm³/mol. The highest BCUT2D eigenvalue weighted by Gasteiger charge is 2.37. The molecule has 4 heterocycles. The van der Waals surface area contributed by atoms with Crippen LogP contribution in [0.2, 0.25) is 0 Å². The van der Waals surface area contributed by atoms with Gasteiger partial charge in [0.05, 0.1) is 11.9 Å². The van der Waals surface area contributed by atoms with Crippen LogP contribution in [0.5, 0.6) is 0 Å². The zero-order chi connectivity index (χ0) is 22.0. The average molecular weight is 566 g/mol. The van der Waals surface area contributed by atoms with E-state index in [9.17, 15) is 17.6 Å². The van der Waals surface area contributed by atoms with Crippen LogP contribution in [-0.4, -0.2) is 49.5 Å². The molecule has 0 aliphatic carbocycles. The molecular weight excluding hydrogens is 547 g/mol. The Balaban J connectivity index is 1.35. The molecule has 0 atom stereocenters. The molecule has 0 spiro atoms. The lowest BCUT2D eigenvalue weighted by atomic mass is 10.0. The molecule has 0 amide bonds. The summed E-state index contributed by atoms with van der Waals surface area (Å²) in [5, 5.41) is 4.34. The monoisotopic (exact) mass is 566 g/mol. The largest absolute Gasteiger partial charge is 0.367 e. The number of likely N-dealkylation sites (tertiary alicyclic amines) is 1. The highest BCUT2D eigenvalue weighted by molar-refractivity contribution is 14.2. The summed E-state index contributed by atoms with van der Waals surface area (Å²) in [7, 11) is 1.51. The lowest BCUT2D eigenvalue weighted by molar-refractivity contribution is -0.0458. The SMILES string of the molecule is FC(F)c1ccc(C(F)(F)CN2CCC(Nc3ncnc4c3ccn4SI)CC2)nc1. The Labute approximate surface area is 192 Å². The molecule has 31 heavy (non-hydrogen) atoms. The summed E-state index contributed by atoms with van der Waals surface area (Å²) in [6, 6.07) is 4.05. The molecule has 1 aliphatic rings. The lowest BCUT2D eigenvalue weighted by Crippen LogP contribution is -2.44. The van der Waals surface area contributed by atoms with E-state index < -0.39 is 24.6 Å². The van der Waals surface area contributed by atoms with Gasteiger partial charge in [-0.05, 0) is 31.0 Å². The van der Waals surface area contributed by atoms with Crippen LogP contribution < -0.4 is 5.32 Å². The molecule has 0 aromatic carbocycles. The van der Waals surface area contributed by atoms with Crippen molar-refractivity contribution in [3.05, 3.63) is 48.2 Å². The normalized spacial score (nSPS) is 16.3. The van der Waals surface area contributed by atoms with Crippen LogP contribution in [-0.2, 0) is 5.92 Å². The zero-order valence-electron chi connectivity index (χ0n) is 16.2. The maximum absolute atomic E-state index is 14.6. The van der Waals surface area contributed by atoms with Gasteiger partial charge >= 0.3 is 5.92 Å². The summed E-state index contributed by atoms with van der Waals surface area (Å²) < 4.78 is 56.4. The molecule has 1 saturated heterocycles. The number of hydrogen-bond donors (Lipinski definition) is 1. The lowest BCUT2D eigenvalue weighted by Gasteiger charge is -2.34. The average Bonchev–Trinajstić information content (AvgIpc) is 3.19.